The molecule has 0 spiro atoms. The molecule has 19 heavy (non-hydrogen) atoms. The standard InChI is InChI=1S/C14H22N2O3/c1-8(12(17)18)15-13(19)16-14-5-9-2-10(6-14)4-11(3-9)7-14/h8-11H,2-7H2,1H3,(H,17,18)(H2,15,16,19)/p-1/t8-,9?,10?,11?,14?/m0/s1. The zero-order valence-corrected chi connectivity index (χ0v) is 11.3. The van der Waals surface area contributed by atoms with Gasteiger partial charge in [0.15, 0.2) is 0 Å². The lowest BCUT2D eigenvalue weighted by molar-refractivity contribution is -0.307. The SMILES string of the molecule is C[C@H](NC(=O)NC12CC3CC(CC(C3)C1)C2)C(=O)[O-]. The second-order valence-corrected chi connectivity index (χ2v) is 6.84. The number of nitrogens with one attached hydrogen (secondary N) is 2. The molecule has 4 rings (SSSR count). The average molecular weight is 265 g/mol. The number of aliphatic carboxylic acids is 1. The Balaban J connectivity index is 1.63. The first-order chi connectivity index (χ1) is 8.96. The van der Waals surface area contributed by atoms with E-state index >= 15 is 0 Å². The van der Waals surface area contributed by atoms with Crippen molar-refractivity contribution in [3.8, 4) is 0 Å². The van der Waals surface area contributed by atoms with Gasteiger partial charge in [0.05, 0.1) is 12.0 Å². The summed E-state index contributed by atoms with van der Waals surface area (Å²) < 4.78 is 0. The van der Waals surface area contributed by atoms with Gasteiger partial charge in [-0.3, -0.25) is 0 Å². The smallest absolute Gasteiger partial charge is 0.315 e. The van der Waals surface area contributed by atoms with Gasteiger partial charge in [0.25, 0.3) is 0 Å². The van der Waals surface area contributed by atoms with E-state index in [1.54, 1.807) is 0 Å². The summed E-state index contributed by atoms with van der Waals surface area (Å²) in [7, 11) is 0. The summed E-state index contributed by atoms with van der Waals surface area (Å²) in [5.74, 6) is 1.01. The number of carboxylic acid groups (broad SMARTS) is 1. The Morgan fingerprint density at radius 1 is 1.11 bits per heavy atom. The van der Waals surface area contributed by atoms with Crippen molar-refractivity contribution in [1.29, 1.82) is 0 Å². The monoisotopic (exact) mass is 265 g/mol. The molecule has 4 bridgehead atoms. The second-order valence-electron chi connectivity index (χ2n) is 6.84. The van der Waals surface area contributed by atoms with Crippen molar-refractivity contribution >= 4 is 12.0 Å². The first-order valence-electron chi connectivity index (χ1n) is 7.25. The highest BCUT2D eigenvalue weighted by Crippen LogP contribution is 2.55. The summed E-state index contributed by atoms with van der Waals surface area (Å²) in [4.78, 5) is 22.6. The van der Waals surface area contributed by atoms with E-state index in [0.29, 0.717) is 0 Å². The van der Waals surface area contributed by atoms with Crippen LogP contribution >= 0.6 is 0 Å². The van der Waals surface area contributed by atoms with Gasteiger partial charge in [-0.1, -0.05) is 0 Å². The third kappa shape index (κ3) is 2.42. The number of carbonyl (C=O) groups excluding carboxylic acids is 2. The maximum atomic E-state index is 11.9. The molecule has 0 aromatic rings. The van der Waals surface area contributed by atoms with E-state index in [-0.39, 0.29) is 11.6 Å². The van der Waals surface area contributed by atoms with Crippen molar-refractivity contribution in [3.05, 3.63) is 0 Å². The van der Waals surface area contributed by atoms with Crippen molar-refractivity contribution in [2.45, 2.75) is 57.0 Å². The summed E-state index contributed by atoms with van der Waals surface area (Å²) in [6.07, 6.45) is 7.14. The molecule has 0 radical (unpaired) electrons. The van der Waals surface area contributed by atoms with Crippen LogP contribution in [0.1, 0.15) is 45.4 Å². The molecule has 0 unspecified atom stereocenters. The minimum atomic E-state index is -1.25. The third-order valence-electron chi connectivity index (χ3n) is 5.12. The lowest BCUT2D eigenvalue weighted by Crippen LogP contribution is -2.62. The normalized spacial score (nSPS) is 40.8. The van der Waals surface area contributed by atoms with Crippen molar-refractivity contribution in [3.63, 3.8) is 0 Å². The predicted octanol–water partition coefficient (Wildman–Crippen LogP) is 0.393. The van der Waals surface area contributed by atoms with Gasteiger partial charge in [-0.15, -0.1) is 0 Å². The fourth-order valence-corrected chi connectivity index (χ4v) is 4.80. The molecule has 2 amide bonds. The Hall–Kier alpha value is -1.26. The van der Waals surface area contributed by atoms with E-state index in [4.69, 9.17) is 0 Å². The highest BCUT2D eigenvalue weighted by Gasteiger charge is 2.51. The van der Waals surface area contributed by atoms with Crippen LogP contribution in [-0.4, -0.2) is 23.6 Å². The van der Waals surface area contributed by atoms with Gasteiger partial charge in [-0.05, 0) is 63.2 Å². The van der Waals surface area contributed by atoms with Crippen LogP contribution in [-0.2, 0) is 4.79 Å². The van der Waals surface area contributed by atoms with E-state index in [1.165, 1.54) is 26.2 Å². The molecule has 4 aliphatic carbocycles. The van der Waals surface area contributed by atoms with Crippen LogP contribution in [0.4, 0.5) is 4.79 Å². The highest BCUT2D eigenvalue weighted by molar-refractivity contribution is 5.81. The largest absolute Gasteiger partial charge is 0.548 e. The van der Waals surface area contributed by atoms with Crippen LogP contribution in [0.25, 0.3) is 0 Å². The Morgan fingerprint density at radius 2 is 1.58 bits per heavy atom. The van der Waals surface area contributed by atoms with Gasteiger partial charge in [-0.2, -0.15) is 0 Å². The maximum Gasteiger partial charge on any atom is 0.315 e. The summed E-state index contributed by atoms with van der Waals surface area (Å²) >= 11 is 0. The molecule has 5 nitrogen and oxygen atoms in total. The molecule has 0 saturated heterocycles. The van der Waals surface area contributed by atoms with Crippen molar-refractivity contribution in [1.82, 2.24) is 10.6 Å². The zero-order chi connectivity index (χ0) is 13.6. The molecule has 0 aromatic carbocycles. The molecule has 4 aliphatic rings. The summed E-state index contributed by atoms with van der Waals surface area (Å²) in [5.41, 5.74) is -0.0789. The molecule has 0 heterocycles. The zero-order valence-electron chi connectivity index (χ0n) is 11.3. The van der Waals surface area contributed by atoms with Gasteiger partial charge in [0.2, 0.25) is 0 Å². The molecule has 4 saturated carbocycles. The molecule has 0 aromatic heterocycles. The molecule has 2 N–H and O–H groups in total. The van der Waals surface area contributed by atoms with Crippen LogP contribution in [0.15, 0.2) is 0 Å². The number of urea groups is 1. The third-order valence-corrected chi connectivity index (χ3v) is 5.12. The summed E-state index contributed by atoms with van der Waals surface area (Å²) in [6, 6.07) is -1.31. The van der Waals surface area contributed by atoms with Crippen molar-refractivity contribution in [2.75, 3.05) is 0 Å². The number of carbonyl (C=O) groups is 2. The van der Waals surface area contributed by atoms with Gasteiger partial charge in [0.1, 0.15) is 0 Å². The fourth-order valence-electron chi connectivity index (χ4n) is 4.80. The number of hydrogen-bond acceptors (Lipinski definition) is 3. The topological polar surface area (TPSA) is 81.3 Å². The number of rotatable bonds is 3. The second kappa shape index (κ2) is 4.39. The van der Waals surface area contributed by atoms with Crippen molar-refractivity contribution < 1.29 is 14.7 Å². The number of amides is 2. The van der Waals surface area contributed by atoms with E-state index in [0.717, 1.165) is 37.0 Å². The quantitative estimate of drug-likeness (QED) is 0.774. The first-order valence-corrected chi connectivity index (χ1v) is 7.25. The molecule has 1 atom stereocenters. The lowest BCUT2D eigenvalue weighted by Gasteiger charge is -2.56. The van der Waals surface area contributed by atoms with Gasteiger partial charge in [-0.25, -0.2) is 4.79 Å². The summed E-state index contributed by atoms with van der Waals surface area (Å²) in [6.45, 7) is 1.43. The Bertz CT molecular complexity index is 372. The van der Waals surface area contributed by atoms with Crippen LogP contribution in [0.2, 0.25) is 0 Å². The van der Waals surface area contributed by atoms with E-state index in [1.807, 2.05) is 0 Å². The Labute approximate surface area is 113 Å². The minimum Gasteiger partial charge on any atom is -0.548 e. The number of hydrogen-bond donors (Lipinski definition) is 2. The van der Waals surface area contributed by atoms with Crippen LogP contribution in [0.3, 0.4) is 0 Å². The van der Waals surface area contributed by atoms with Gasteiger partial charge < -0.3 is 20.5 Å². The molecule has 106 valence electrons. The van der Waals surface area contributed by atoms with E-state index in [2.05, 4.69) is 10.6 Å². The van der Waals surface area contributed by atoms with Crippen LogP contribution in [0, 0.1) is 17.8 Å². The van der Waals surface area contributed by atoms with Crippen LogP contribution in [0.5, 0.6) is 0 Å². The summed E-state index contributed by atoms with van der Waals surface area (Å²) in [5, 5.41) is 16.2. The first kappa shape index (κ1) is 12.8. The van der Waals surface area contributed by atoms with Gasteiger partial charge >= 0.3 is 6.03 Å². The molecule has 4 fully saturated rings. The fraction of sp³-hybridized carbons (Fsp3) is 0.857. The Morgan fingerprint density at radius 3 is 2.00 bits per heavy atom. The molecule has 0 aliphatic heterocycles. The number of carboxylic acids is 1. The van der Waals surface area contributed by atoms with Crippen LogP contribution < -0.4 is 15.7 Å². The van der Waals surface area contributed by atoms with Gasteiger partial charge in [0, 0.05) is 5.54 Å². The lowest BCUT2D eigenvalue weighted by atomic mass is 9.53. The minimum absolute atomic E-state index is 0.0789. The molecular weight excluding hydrogens is 244 g/mol. The van der Waals surface area contributed by atoms with Crippen molar-refractivity contribution in [2.24, 2.45) is 17.8 Å². The molecule has 5 heteroatoms. The van der Waals surface area contributed by atoms with E-state index in [9.17, 15) is 14.7 Å². The van der Waals surface area contributed by atoms with E-state index < -0.39 is 12.0 Å². The average Bonchev–Trinajstić information content (AvgIpc) is 2.25. The maximum absolute atomic E-state index is 11.9. The molecular formula is C14H21N2O3-. The predicted molar refractivity (Wildman–Crippen MR) is 67.0 cm³/mol. The Kier molecular flexibility index (Phi) is 2.95. The highest BCUT2D eigenvalue weighted by atomic mass is 16.4.